The summed E-state index contributed by atoms with van der Waals surface area (Å²) in [7, 11) is -4.54. The number of aliphatic hydroxyl groups excluding tert-OH is 2. The molecular weight excluding hydrogens is 872 g/mol. The Morgan fingerprint density at radius 2 is 0.838 bits per heavy atom. The van der Waals surface area contributed by atoms with Crippen LogP contribution in [-0.2, 0) is 27.9 Å². The third-order valence-electron chi connectivity index (χ3n) is 11.3. The molecule has 0 bridgehead atoms. The van der Waals surface area contributed by atoms with Crippen LogP contribution in [-0.4, -0.2) is 66.3 Å². The van der Waals surface area contributed by atoms with E-state index in [1.807, 2.05) is 0 Å². The molecule has 0 aromatic carbocycles. The van der Waals surface area contributed by atoms with Crippen molar-refractivity contribution in [2.45, 2.75) is 232 Å². The zero-order valence-electron chi connectivity index (χ0n) is 43.3. The second-order valence-corrected chi connectivity index (χ2v) is 19.3. The standard InChI is InChI=1S/C58H101O9P/c1-3-5-7-9-11-13-15-17-19-21-23-25-27-29-31-33-35-37-39-41-43-45-47-49-51-64-54-57(55-66-68(62,63)65-53-56(60)52-59)67-58(61)50-48-46-44-42-40-38-36-34-32-30-28-26-24-22-20-18-16-14-12-10-8-6-4-2/h5,7,11,13,16-19,22-25,28-31,56-57,59-60H,3-4,6,8-10,12,14-15,20-21,26-27,32-55H2,1-2H3,(H,62,63)/b7-5-,13-11-,18-16-,19-17-,24-22-,25-23-,30-28-,31-29-. The second-order valence-electron chi connectivity index (χ2n) is 17.9. The van der Waals surface area contributed by atoms with Crippen molar-refractivity contribution in [1.29, 1.82) is 0 Å². The molecular formula is C58H101O9P. The number of unbranched alkanes of at least 4 members (excludes halogenated alkanes) is 21. The van der Waals surface area contributed by atoms with Gasteiger partial charge in [0, 0.05) is 13.0 Å². The summed E-state index contributed by atoms with van der Waals surface area (Å²) in [5.41, 5.74) is 0. The van der Waals surface area contributed by atoms with Crippen LogP contribution in [0.25, 0.3) is 0 Å². The molecule has 0 spiro atoms. The minimum atomic E-state index is -4.54. The molecule has 0 aliphatic rings. The maximum Gasteiger partial charge on any atom is 0.472 e. The lowest BCUT2D eigenvalue weighted by Crippen LogP contribution is -2.29. The monoisotopic (exact) mass is 973 g/mol. The second kappa shape index (κ2) is 53.7. The van der Waals surface area contributed by atoms with Crippen molar-refractivity contribution in [3.8, 4) is 0 Å². The number of aliphatic hydroxyl groups is 2. The molecule has 0 rings (SSSR count). The van der Waals surface area contributed by atoms with E-state index in [0.29, 0.717) is 13.0 Å². The zero-order chi connectivity index (χ0) is 49.5. The summed E-state index contributed by atoms with van der Waals surface area (Å²) in [5, 5.41) is 18.5. The van der Waals surface area contributed by atoms with Gasteiger partial charge in [-0.15, -0.1) is 0 Å². The van der Waals surface area contributed by atoms with Crippen LogP contribution in [0.3, 0.4) is 0 Å². The predicted octanol–water partition coefficient (Wildman–Crippen LogP) is 16.4. The van der Waals surface area contributed by atoms with Crippen LogP contribution in [0.15, 0.2) is 97.2 Å². The molecule has 0 saturated carbocycles. The first-order chi connectivity index (χ1) is 33.3. The Labute approximate surface area is 417 Å². The number of rotatable bonds is 51. The lowest BCUT2D eigenvalue weighted by atomic mass is 10.1. The van der Waals surface area contributed by atoms with Crippen LogP contribution in [0.4, 0.5) is 0 Å². The molecule has 3 atom stereocenters. The Hall–Kier alpha value is -2.62. The molecule has 0 radical (unpaired) electrons. The first-order valence-electron chi connectivity index (χ1n) is 27.2. The van der Waals surface area contributed by atoms with Crippen molar-refractivity contribution in [2.24, 2.45) is 0 Å². The van der Waals surface area contributed by atoms with E-state index in [1.165, 1.54) is 96.3 Å². The largest absolute Gasteiger partial charge is 0.472 e. The molecule has 392 valence electrons. The predicted molar refractivity (Wildman–Crippen MR) is 288 cm³/mol. The molecule has 10 heteroatoms. The summed E-state index contributed by atoms with van der Waals surface area (Å²) < 4.78 is 33.6. The number of carbonyl (C=O) groups is 1. The first kappa shape index (κ1) is 65.4. The molecule has 0 fully saturated rings. The van der Waals surface area contributed by atoms with E-state index in [2.05, 4.69) is 111 Å². The molecule has 0 aromatic heterocycles. The van der Waals surface area contributed by atoms with Crippen LogP contribution in [0.2, 0.25) is 0 Å². The van der Waals surface area contributed by atoms with Crippen LogP contribution >= 0.6 is 7.82 Å². The first-order valence-corrected chi connectivity index (χ1v) is 28.7. The number of hydrogen-bond acceptors (Lipinski definition) is 8. The maximum atomic E-state index is 12.7. The summed E-state index contributed by atoms with van der Waals surface area (Å²) in [5.74, 6) is -0.395. The molecule has 68 heavy (non-hydrogen) atoms. The summed E-state index contributed by atoms with van der Waals surface area (Å²) in [4.78, 5) is 22.7. The normalized spacial score (nSPS) is 14.5. The van der Waals surface area contributed by atoms with Gasteiger partial charge in [-0.2, -0.15) is 0 Å². The van der Waals surface area contributed by atoms with Crippen molar-refractivity contribution < 1.29 is 43.0 Å². The summed E-state index contributed by atoms with van der Waals surface area (Å²) >= 11 is 0. The fraction of sp³-hybridized carbons (Fsp3) is 0.707. The molecule has 3 N–H and O–H groups in total. The number of allylic oxidation sites excluding steroid dienone is 16. The van der Waals surface area contributed by atoms with Crippen molar-refractivity contribution in [2.75, 3.05) is 33.0 Å². The van der Waals surface area contributed by atoms with E-state index in [4.69, 9.17) is 23.6 Å². The number of carbonyl (C=O) groups excluding carboxylic acids is 1. The molecule has 0 heterocycles. The summed E-state index contributed by atoms with van der Waals surface area (Å²) in [6.45, 7) is 3.37. The lowest BCUT2D eigenvalue weighted by Gasteiger charge is -2.20. The average Bonchev–Trinajstić information content (AvgIpc) is 3.33. The molecule has 0 amide bonds. The van der Waals surface area contributed by atoms with Crippen LogP contribution in [0.5, 0.6) is 0 Å². The van der Waals surface area contributed by atoms with E-state index in [-0.39, 0.29) is 19.6 Å². The highest BCUT2D eigenvalue weighted by Crippen LogP contribution is 2.43. The van der Waals surface area contributed by atoms with Gasteiger partial charge in [-0.05, 0) is 96.3 Å². The number of hydrogen-bond donors (Lipinski definition) is 3. The summed E-state index contributed by atoms with van der Waals surface area (Å²) in [6, 6.07) is 0. The van der Waals surface area contributed by atoms with Gasteiger partial charge in [0.15, 0.2) is 0 Å². The van der Waals surface area contributed by atoms with Crippen molar-refractivity contribution >= 4 is 13.8 Å². The Balaban J connectivity index is 4.11. The van der Waals surface area contributed by atoms with E-state index in [1.54, 1.807) is 0 Å². The van der Waals surface area contributed by atoms with E-state index >= 15 is 0 Å². The quantitative estimate of drug-likeness (QED) is 0.0236. The van der Waals surface area contributed by atoms with Gasteiger partial charge in [0.05, 0.1) is 26.4 Å². The highest BCUT2D eigenvalue weighted by molar-refractivity contribution is 7.47. The van der Waals surface area contributed by atoms with E-state index < -0.39 is 39.2 Å². The van der Waals surface area contributed by atoms with E-state index in [9.17, 15) is 19.4 Å². The van der Waals surface area contributed by atoms with Gasteiger partial charge in [-0.3, -0.25) is 13.8 Å². The van der Waals surface area contributed by atoms with Crippen molar-refractivity contribution in [1.82, 2.24) is 0 Å². The van der Waals surface area contributed by atoms with Gasteiger partial charge in [0.1, 0.15) is 12.2 Å². The van der Waals surface area contributed by atoms with Crippen molar-refractivity contribution in [3.05, 3.63) is 97.2 Å². The minimum absolute atomic E-state index is 0.0347. The highest BCUT2D eigenvalue weighted by atomic mass is 31.2. The van der Waals surface area contributed by atoms with Crippen LogP contribution in [0.1, 0.15) is 219 Å². The van der Waals surface area contributed by atoms with E-state index in [0.717, 1.165) is 96.3 Å². The van der Waals surface area contributed by atoms with Gasteiger partial charge in [0.25, 0.3) is 0 Å². The third-order valence-corrected chi connectivity index (χ3v) is 12.2. The smallest absolute Gasteiger partial charge is 0.457 e. The van der Waals surface area contributed by atoms with Crippen molar-refractivity contribution in [3.63, 3.8) is 0 Å². The molecule has 0 aromatic rings. The Bertz CT molecular complexity index is 1380. The Morgan fingerprint density at radius 3 is 1.26 bits per heavy atom. The molecule has 9 nitrogen and oxygen atoms in total. The minimum Gasteiger partial charge on any atom is -0.457 e. The summed E-state index contributed by atoms with van der Waals surface area (Å²) in [6.07, 6.45) is 69.4. The Kier molecular flexibility index (Phi) is 51.7. The fourth-order valence-corrected chi connectivity index (χ4v) is 7.94. The third kappa shape index (κ3) is 52.7. The lowest BCUT2D eigenvalue weighted by molar-refractivity contribution is -0.154. The average molecular weight is 973 g/mol. The van der Waals surface area contributed by atoms with Gasteiger partial charge in [-0.25, -0.2) is 4.57 Å². The topological polar surface area (TPSA) is 132 Å². The molecule has 0 aliphatic heterocycles. The Morgan fingerprint density at radius 1 is 0.471 bits per heavy atom. The highest BCUT2D eigenvalue weighted by Gasteiger charge is 2.26. The molecule has 0 saturated heterocycles. The molecule has 0 aliphatic carbocycles. The van der Waals surface area contributed by atoms with Crippen LogP contribution < -0.4 is 0 Å². The van der Waals surface area contributed by atoms with Gasteiger partial charge < -0.3 is 24.6 Å². The molecule has 3 unspecified atom stereocenters. The fourth-order valence-electron chi connectivity index (χ4n) is 7.15. The SMILES string of the molecule is CC/C=C\C/C=C\C/C=C\C/C=C\C/C=C\CCCCCCCCCCOCC(COP(=O)(O)OCC(O)CO)OC(=O)CCCCCCCCCC/C=C\C/C=C\C/C=C\CCCCCCC. The zero-order valence-corrected chi connectivity index (χ0v) is 44.2. The number of phosphoric acid groups is 1. The number of esters is 1. The number of phosphoric ester groups is 1. The van der Waals surface area contributed by atoms with Gasteiger partial charge >= 0.3 is 13.8 Å². The van der Waals surface area contributed by atoms with Gasteiger partial charge in [0.2, 0.25) is 0 Å². The maximum absolute atomic E-state index is 12.7. The van der Waals surface area contributed by atoms with Crippen LogP contribution in [0, 0.1) is 0 Å². The number of ether oxygens (including phenoxy) is 2. The van der Waals surface area contributed by atoms with Gasteiger partial charge in [-0.1, -0.05) is 214 Å².